The molecule has 0 unspecified atom stereocenters. The van der Waals surface area contributed by atoms with E-state index in [4.69, 9.17) is 0 Å². The van der Waals surface area contributed by atoms with Crippen LogP contribution in [0, 0.1) is 19.7 Å². The highest BCUT2D eigenvalue weighted by Gasteiger charge is 2.09. The van der Waals surface area contributed by atoms with Crippen LogP contribution >= 0.6 is 0 Å². The summed E-state index contributed by atoms with van der Waals surface area (Å²) in [7, 11) is 0. The van der Waals surface area contributed by atoms with Crippen LogP contribution in [0.3, 0.4) is 0 Å². The van der Waals surface area contributed by atoms with E-state index in [1.54, 1.807) is 12.1 Å². The second-order valence-corrected chi connectivity index (χ2v) is 5.04. The lowest BCUT2D eigenvalue weighted by atomic mass is 10.1. The molecule has 2 aromatic rings. The van der Waals surface area contributed by atoms with Gasteiger partial charge < -0.3 is 10.6 Å². The van der Waals surface area contributed by atoms with Gasteiger partial charge in [-0.25, -0.2) is 4.39 Å². The summed E-state index contributed by atoms with van der Waals surface area (Å²) < 4.78 is 12.8. The molecule has 0 saturated heterocycles. The van der Waals surface area contributed by atoms with Crippen LogP contribution in [0.2, 0.25) is 0 Å². The molecule has 0 radical (unpaired) electrons. The number of nitrogens with one attached hydrogen (secondary N) is 2. The summed E-state index contributed by atoms with van der Waals surface area (Å²) in [5, 5.41) is 5.13. The third-order valence-electron chi connectivity index (χ3n) is 3.31. The van der Waals surface area contributed by atoms with Crippen molar-refractivity contribution in [1.82, 2.24) is 5.32 Å². The molecule has 114 valence electrons. The maximum Gasteiger partial charge on any atom is 0.251 e. The van der Waals surface area contributed by atoms with E-state index in [2.05, 4.69) is 10.6 Å². The van der Waals surface area contributed by atoms with Crippen molar-refractivity contribution in [1.29, 1.82) is 0 Å². The Labute approximate surface area is 128 Å². The molecule has 0 aliphatic rings. The molecule has 0 bridgehead atoms. The number of carbonyl (C=O) groups is 2. The Kier molecular flexibility index (Phi) is 4.88. The first kappa shape index (κ1) is 15.7. The summed E-state index contributed by atoms with van der Waals surface area (Å²) in [6, 6.07) is 10.8. The number of halogens is 1. The number of amides is 2. The maximum atomic E-state index is 12.8. The lowest BCUT2D eigenvalue weighted by Crippen LogP contribution is -2.32. The van der Waals surface area contributed by atoms with Gasteiger partial charge in [-0.1, -0.05) is 6.07 Å². The van der Waals surface area contributed by atoms with Gasteiger partial charge in [0.15, 0.2) is 0 Å². The fourth-order valence-electron chi connectivity index (χ4n) is 1.88. The SMILES string of the molecule is Cc1ccc(C(=O)NCC(=O)Nc2ccc(F)cc2)cc1C. The van der Waals surface area contributed by atoms with Gasteiger partial charge in [-0.3, -0.25) is 9.59 Å². The van der Waals surface area contributed by atoms with Crippen molar-refractivity contribution in [2.24, 2.45) is 0 Å². The van der Waals surface area contributed by atoms with Crippen LogP contribution in [0.15, 0.2) is 42.5 Å². The number of anilines is 1. The molecular weight excluding hydrogens is 283 g/mol. The molecule has 0 fully saturated rings. The standard InChI is InChI=1S/C17H17FN2O2/c1-11-3-4-13(9-12(11)2)17(22)19-10-16(21)20-15-7-5-14(18)6-8-15/h3-9H,10H2,1-2H3,(H,19,22)(H,20,21). The van der Waals surface area contributed by atoms with Crippen molar-refractivity contribution in [3.8, 4) is 0 Å². The minimum Gasteiger partial charge on any atom is -0.343 e. The van der Waals surface area contributed by atoms with Crippen LogP contribution in [0.1, 0.15) is 21.5 Å². The highest BCUT2D eigenvalue weighted by atomic mass is 19.1. The van der Waals surface area contributed by atoms with Gasteiger partial charge in [-0.15, -0.1) is 0 Å². The summed E-state index contributed by atoms with van der Waals surface area (Å²) in [4.78, 5) is 23.7. The van der Waals surface area contributed by atoms with E-state index in [0.717, 1.165) is 11.1 Å². The Morgan fingerprint density at radius 1 is 1.00 bits per heavy atom. The lowest BCUT2D eigenvalue weighted by molar-refractivity contribution is -0.115. The number of benzene rings is 2. The smallest absolute Gasteiger partial charge is 0.251 e. The van der Waals surface area contributed by atoms with Crippen LogP contribution in [0.4, 0.5) is 10.1 Å². The molecule has 0 spiro atoms. The van der Waals surface area contributed by atoms with E-state index < -0.39 is 0 Å². The first-order chi connectivity index (χ1) is 10.5. The zero-order valence-corrected chi connectivity index (χ0v) is 12.4. The number of rotatable bonds is 4. The molecule has 2 rings (SSSR count). The zero-order valence-electron chi connectivity index (χ0n) is 12.4. The quantitative estimate of drug-likeness (QED) is 0.912. The predicted octanol–water partition coefficient (Wildman–Crippen LogP) is 2.81. The molecule has 0 atom stereocenters. The van der Waals surface area contributed by atoms with Gasteiger partial charge in [-0.2, -0.15) is 0 Å². The third-order valence-corrected chi connectivity index (χ3v) is 3.31. The predicted molar refractivity (Wildman–Crippen MR) is 83.3 cm³/mol. The molecule has 22 heavy (non-hydrogen) atoms. The topological polar surface area (TPSA) is 58.2 Å². The van der Waals surface area contributed by atoms with Crippen molar-refractivity contribution < 1.29 is 14.0 Å². The Morgan fingerprint density at radius 3 is 2.32 bits per heavy atom. The van der Waals surface area contributed by atoms with Gasteiger partial charge in [0.2, 0.25) is 5.91 Å². The van der Waals surface area contributed by atoms with E-state index in [1.807, 2.05) is 19.9 Å². The van der Waals surface area contributed by atoms with E-state index in [1.165, 1.54) is 24.3 Å². The molecule has 0 aliphatic heterocycles. The van der Waals surface area contributed by atoms with Crippen molar-refractivity contribution >= 4 is 17.5 Å². The van der Waals surface area contributed by atoms with Gasteiger partial charge in [0.25, 0.3) is 5.91 Å². The number of carbonyl (C=O) groups excluding carboxylic acids is 2. The van der Waals surface area contributed by atoms with Crippen LogP contribution in [-0.4, -0.2) is 18.4 Å². The van der Waals surface area contributed by atoms with E-state index >= 15 is 0 Å². The first-order valence-corrected chi connectivity index (χ1v) is 6.86. The Balaban J connectivity index is 1.88. The van der Waals surface area contributed by atoms with Crippen LogP contribution < -0.4 is 10.6 Å². The summed E-state index contributed by atoms with van der Waals surface area (Å²) >= 11 is 0. The average molecular weight is 300 g/mol. The fourth-order valence-corrected chi connectivity index (χ4v) is 1.88. The van der Waals surface area contributed by atoms with Crippen molar-refractivity contribution in [2.45, 2.75) is 13.8 Å². The maximum absolute atomic E-state index is 12.8. The lowest BCUT2D eigenvalue weighted by Gasteiger charge is -2.08. The van der Waals surface area contributed by atoms with Crippen LogP contribution in [0.25, 0.3) is 0 Å². The van der Waals surface area contributed by atoms with Gasteiger partial charge >= 0.3 is 0 Å². The monoisotopic (exact) mass is 300 g/mol. The molecule has 0 aliphatic carbocycles. The molecule has 4 nitrogen and oxygen atoms in total. The van der Waals surface area contributed by atoms with E-state index in [0.29, 0.717) is 11.3 Å². The minimum absolute atomic E-state index is 0.150. The Hall–Kier alpha value is -2.69. The van der Waals surface area contributed by atoms with E-state index in [9.17, 15) is 14.0 Å². The van der Waals surface area contributed by atoms with Gasteiger partial charge in [0, 0.05) is 11.3 Å². The second kappa shape index (κ2) is 6.85. The molecule has 2 amide bonds. The zero-order chi connectivity index (χ0) is 16.1. The average Bonchev–Trinajstić information content (AvgIpc) is 2.50. The summed E-state index contributed by atoms with van der Waals surface area (Å²) in [5.74, 6) is -1.05. The summed E-state index contributed by atoms with van der Waals surface area (Å²) in [6.45, 7) is 3.74. The molecule has 0 saturated carbocycles. The number of aryl methyl sites for hydroxylation is 2. The van der Waals surface area contributed by atoms with Gasteiger partial charge in [0.05, 0.1) is 6.54 Å². The Morgan fingerprint density at radius 2 is 1.68 bits per heavy atom. The largest absolute Gasteiger partial charge is 0.343 e. The summed E-state index contributed by atoms with van der Waals surface area (Å²) in [5.41, 5.74) is 3.11. The first-order valence-electron chi connectivity index (χ1n) is 6.86. The molecule has 2 N–H and O–H groups in total. The highest BCUT2D eigenvalue weighted by Crippen LogP contribution is 2.10. The molecular formula is C17H17FN2O2. The van der Waals surface area contributed by atoms with Crippen molar-refractivity contribution in [3.63, 3.8) is 0 Å². The molecule has 0 aromatic heterocycles. The van der Waals surface area contributed by atoms with Gasteiger partial charge in [0.1, 0.15) is 5.82 Å². The molecule has 2 aromatic carbocycles. The fraction of sp³-hybridized carbons (Fsp3) is 0.176. The summed E-state index contributed by atoms with van der Waals surface area (Å²) in [6.07, 6.45) is 0. The van der Waals surface area contributed by atoms with Crippen LogP contribution in [-0.2, 0) is 4.79 Å². The number of hydrogen-bond donors (Lipinski definition) is 2. The number of hydrogen-bond acceptors (Lipinski definition) is 2. The normalized spacial score (nSPS) is 10.1. The van der Waals surface area contributed by atoms with Crippen molar-refractivity contribution in [3.05, 3.63) is 65.0 Å². The molecule has 5 heteroatoms. The minimum atomic E-state index is -0.374. The molecule has 0 heterocycles. The Bertz CT molecular complexity index is 696. The second-order valence-electron chi connectivity index (χ2n) is 5.04. The van der Waals surface area contributed by atoms with E-state index in [-0.39, 0.29) is 24.2 Å². The van der Waals surface area contributed by atoms with Crippen LogP contribution in [0.5, 0.6) is 0 Å². The third kappa shape index (κ3) is 4.15. The van der Waals surface area contributed by atoms with Crippen molar-refractivity contribution in [2.75, 3.05) is 11.9 Å². The highest BCUT2D eigenvalue weighted by molar-refractivity contribution is 5.99. The van der Waals surface area contributed by atoms with Gasteiger partial charge in [-0.05, 0) is 61.4 Å².